The van der Waals surface area contributed by atoms with Gasteiger partial charge in [-0.3, -0.25) is 14.3 Å². The van der Waals surface area contributed by atoms with Gasteiger partial charge in [0.05, 0.1) is 6.61 Å². The molecule has 0 amide bonds. The Morgan fingerprint density at radius 2 is 2.04 bits per heavy atom. The van der Waals surface area contributed by atoms with Crippen LogP contribution >= 0.6 is 6.92 Å². The monoisotopic (exact) mass is 433 g/mol. The number of H-pyrrole nitrogens is 1. The Labute approximate surface area is 167 Å². The van der Waals surface area contributed by atoms with E-state index in [1.54, 1.807) is 6.92 Å². The van der Waals surface area contributed by atoms with Gasteiger partial charge < -0.3 is 9.16 Å². The summed E-state index contributed by atoms with van der Waals surface area (Å²) in [5.41, 5.74) is -0.419. The van der Waals surface area contributed by atoms with Gasteiger partial charge in [-0.05, 0) is 25.1 Å². The van der Waals surface area contributed by atoms with Crippen molar-refractivity contribution in [1.29, 1.82) is 0 Å². The standard InChI is InChI=1S/C17H29N2O5PSSi/c1-11-9-19(16(21)18-15(11)20)14-8-12(24-25(5)26)13(23-14)10-22-27(6,7)17(2,3)4/h9,12-14H,8,10H2,1-7H3/p+1/t12-,13+,14+/m0/s1. The molecule has 0 bridgehead atoms. The first kappa shape index (κ1) is 22.6. The van der Waals surface area contributed by atoms with Crippen molar-refractivity contribution in [3.8, 4) is 0 Å². The molecule has 1 N–H and O–H groups in total. The van der Waals surface area contributed by atoms with Crippen molar-refractivity contribution < 1.29 is 13.7 Å². The number of hydrogen-bond acceptors (Lipinski definition) is 6. The van der Waals surface area contributed by atoms with Gasteiger partial charge in [0.2, 0.25) is 0 Å². The van der Waals surface area contributed by atoms with Crippen LogP contribution in [0.2, 0.25) is 18.1 Å². The van der Waals surface area contributed by atoms with Gasteiger partial charge in [0.1, 0.15) is 25.1 Å². The molecule has 0 radical (unpaired) electrons. The van der Waals surface area contributed by atoms with Gasteiger partial charge >= 0.3 is 12.6 Å². The average Bonchev–Trinajstić information content (AvgIpc) is 2.89. The molecule has 0 spiro atoms. The summed E-state index contributed by atoms with van der Waals surface area (Å²) < 4.78 is 19.8. The Morgan fingerprint density at radius 1 is 1.41 bits per heavy atom. The lowest BCUT2D eigenvalue weighted by Gasteiger charge is -2.37. The van der Waals surface area contributed by atoms with E-state index in [0.29, 0.717) is 18.6 Å². The predicted octanol–water partition coefficient (Wildman–Crippen LogP) is 3.03. The maximum absolute atomic E-state index is 12.2. The molecule has 1 aliphatic rings. The van der Waals surface area contributed by atoms with Gasteiger partial charge in [-0.2, -0.15) is 4.52 Å². The minimum absolute atomic E-state index is 0.0870. The molecular weight excluding hydrogens is 403 g/mol. The SMILES string of the molecule is Cc1cn([C@H]2C[C@H](O[P+](C)=S)[C@@H](CO[Si](C)(C)C(C)(C)C)O2)c(=O)[nH]c1=O. The van der Waals surface area contributed by atoms with E-state index >= 15 is 0 Å². The average molecular weight is 434 g/mol. The van der Waals surface area contributed by atoms with E-state index in [1.807, 2.05) is 6.66 Å². The maximum Gasteiger partial charge on any atom is 0.334 e. The number of aromatic nitrogens is 2. The summed E-state index contributed by atoms with van der Waals surface area (Å²) in [4.78, 5) is 26.2. The van der Waals surface area contributed by atoms with Crippen LogP contribution in [0.25, 0.3) is 0 Å². The predicted molar refractivity (Wildman–Crippen MR) is 113 cm³/mol. The number of nitrogens with zero attached hydrogens (tertiary/aromatic N) is 1. The molecule has 1 aliphatic heterocycles. The second kappa shape index (κ2) is 8.35. The topological polar surface area (TPSA) is 82.6 Å². The highest BCUT2D eigenvalue weighted by Crippen LogP contribution is 2.39. The number of nitrogens with one attached hydrogen (secondary N) is 1. The molecular formula is C17H30N2O5PSSi+. The molecule has 0 aromatic carbocycles. The van der Waals surface area contributed by atoms with E-state index in [-0.39, 0.29) is 22.8 Å². The Morgan fingerprint density at radius 3 is 2.59 bits per heavy atom. The lowest BCUT2D eigenvalue weighted by Crippen LogP contribution is -2.44. The highest BCUT2D eigenvalue weighted by atomic mass is 32.4. The van der Waals surface area contributed by atoms with Crippen molar-refractivity contribution in [1.82, 2.24) is 9.55 Å². The van der Waals surface area contributed by atoms with Gasteiger partial charge in [0.25, 0.3) is 5.56 Å². The minimum Gasteiger partial charge on any atom is -0.414 e. The zero-order valence-corrected chi connectivity index (χ0v) is 19.8. The van der Waals surface area contributed by atoms with Crippen molar-refractivity contribution >= 4 is 27.0 Å². The summed E-state index contributed by atoms with van der Waals surface area (Å²) in [6.07, 6.45) is 0.947. The van der Waals surface area contributed by atoms with Gasteiger partial charge in [-0.25, -0.2) is 4.79 Å². The molecule has 4 atom stereocenters. The summed E-state index contributed by atoms with van der Waals surface area (Å²) in [6, 6.07) is 0. The van der Waals surface area contributed by atoms with E-state index in [1.165, 1.54) is 10.8 Å². The molecule has 1 aromatic rings. The minimum atomic E-state index is -1.94. The van der Waals surface area contributed by atoms with Crippen LogP contribution in [0.1, 0.15) is 39.0 Å². The zero-order valence-electron chi connectivity index (χ0n) is 17.1. The molecule has 1 unspecified atom stereocenters. The van der Waals surface area contributed by atoms with Crippen LogP contribution < -0.4 is 11.2 Å². The third-order valence-corrected chi connectivity index (χ3v) is 10.7. The van der Waals surface area contributed by atoms with Gasteiger partial charge in [-0.1, -0.05) is 20.8 Å². The summed E-state index contributed by atoms with van der Waals surface area (Å²) in [5, 5.41) is 0.0870. The lowest BCUT2D eigenvalue weighted by molar-refractivity contribution is -0.0380. The highest BCUT2D eigenvalue weighted by Gasteiger charge is 2.44. The largest absolute Gasteiger partial charge is 0.414 e. The normalized spacial score (nSPS) is 24.3. The number of aromatic amines is 1. The molecule has 2 rings (SSSR count). The fourth-order valence-corrected chi connectivity index (χ4v) is 4.58. The van der Waals surface area contributed by atoms with Crippen molar-refractivity contribution in [2.75, 3.05) is 13.3 Å². The van der Waals surface area contributed by atoms with E-state index < -0.39 is 27.2 Å². The molecule has 1 aromatic heterocycles. The van der Waals surface area contributed by atoms with Crippen molar-refractivity contribution in [2.24, 2.45) is 0 Å². The molecule has 1 fully saturated rings. The Balaban J connectivity index is 2.21. The van der Waals surface area contributed by atoms with Crippen LogP contribution in [0, 0.1) is 6.92 Å². The smallest absolute Gasteiger partial charge is 0.334 e. The highest BCUT2D eigenvalue weighted by molar-refractivity contribution is 8.02. The Hall–Kier alpha value is -0.703. The first-order chi connectivity index (χ1) is 12.3. The number of hydrogen-bond donors (Lipinski definition) is 1. The van der Waals surface area contributed by atoms with Crippen LogP contribution in [0.4, 0.5) is 0 Å². The van der Waals surface area contributed by atoms with Gasteiger partial charge in [0, 0.05) is 18.2 Å². The van der Waals surface area contributed by atoms with Gasteiger partial charge in [0.15, 0.2) is 20.1 Å². The Bertz CT molecular complexity index is 817. The molecule has 10 heteroatoms. The van der Waals surface area contributed by atoms with Crippen molar-refractivity contribution in [2.45, 2.75) is 70.7 Å². The van der Waals surface area contributed by atoms with Gasteiger partial charge in [-0.15, -0.1) is 0 Å². The van der Waals surface area contributed by atoms with Crippen molar-refractivity contribution in [3.63, 3.8) is 0 Å². The molecule has 1 saturated heterocycles. The summed E-state index contributed by atoms with van der Waals surface area (Å²) in [7, 11) is -1.94. The number of rotatable bonds is 6. The first-order valence-corrected chi connectivity index (χ1v) is 14.6. The van der Waals surface area contributed by atoms with Crippen LogP contribution in [0.15, 0.2) is 15.8 Å². The third-order valence-electron chi connectivity index (χ3n) is 5.34. The summed E-state index contributed by atoms with van der Waals surface area (Å²) in [5.74, 6) is 0. The third kappa shape index (κ3) is 5.43. The molecule has 0 aliphatic carbocycles. The van der Waals surface area contributed by atoms with Crippen LogP contribution in [0.3, 0.4) is 0 Å². The zero-order chi connectivity index (χ0) is 20.6. The molecule has 27 heavy (non-hydrogen) atoms. The molecule has 152 valence electrons. The van der Waals surface area contributed by atoms with E-state index in [9.17, 15) is 9.59 Å². The quantitative estimate of drug-likeness (QED) is 0.549. The fraction of sp³-hybridized carbons (Fsp3) is 0.765. The lowest BCUT2D eigenvalue weighted by atomic mass is 10.2. The van der Waals surface area contributed by atoms with E-state index in [2.05, 4.69) is 38.8 Å². The second-order valence-electron chi connectivity index (χ2n) is 8.50. The maximum atomic E-state index is 12.2. The summed E-state index contributed by atoms with van der Waals surface area (Å²) in [6.45, 7) is 13.8. The summed E-state index contributed by atoms with van der Waals surface area (Å²) >= 11 is 5.24. The second-order valence-corrected chi connectivity index (χ2v) is 15.9. The fourth-order valence-electron chi connectivity index (χ4n) is 2.63. The number of aryl methyl sites for hydroxylation is 1. The van der Waals surface area contributed by atoms with Crippen LogP contribution in [-0.4, -0.2) is 43.3 Å². The van der Waals surface area contributed by atoms with Crippen LogP contribution in [0.5, 0.6) is 0 Å². The van der Waals surface area contributed by atoms with E-state index in [0.717, 1.165) is 0 Å². The van der Waals surface area contributed by atoms with E-state index in [4.69, 9.17) is 25.5 Å². The first-order valence-electron chi connectivity index (χ1n) is 9.01. The number of ether oxygens (including phenoxy) is 1. The van der Waals surface area contributed by atoms with Crippen molar-refractivity contribution in [3.05, 3.63) is 32.6 Å². The Kier molecular flexibility index (Phi) is 6.98. The molecule has 0 saturated carbocycles. The molecule has 2 heterocycles. The van der Waals surface area contributed by atoms with Crippen LogP contribution in [-0.2, 0) is 25.5 Å². The molecule has 7 nitrogen and oxygen atoms in total.